The minimum absolute atomic E-state index is 0.00637. The highest BCUT2D eigenvalue weighted by Gasteiger charge is 2.16. The molecule has 154 valence electrons. The fourth-order valence-electron chi connectivity index (χ4n) is 2.08. The lowest BCUT2D eigenvalue weighted by Gasteiger charge is -2.04. The van der Waals surface area contributed by atoms with E-state index in [1.54, 1.807) is 11.4 Å². The van der Waals surface area contributed by atoms with Crippen LogP contribution < -0.4 is 9.46 Å². The summed E-state index contributed by atoms with van der Waals surface area (Å²) in [6.07, 6.45) is -0.153. The van der Waals surface area contributed by atoms with Gasteiger partial charge in [-0.25, -0.2) is 17.5 Å². The molecule has 29 heavy (non-hydrogen) atoms. The van der Waals surface area contributed by atoms with Crippen LogP contribution in [0.25, 0.3) is 0 Å². The third kappa shape index (κ3) is 6.34. The van der Waals surface area contributed by atoms with Crippen molar-refractivity contribution in [1.29, 1.82) is 0 Å². The summed E-state index contributed by atoms with van der Waals surface area (Å²) < 4.78 is 54.5. The summed E-state index contributed by atoms with van der Waals surface area (Å²) in [6.45, 7) is -0.354. The molecule has 0 saturated carbocycles. The summed E-state index contributed by atoms with van der Waals surface area (Å²) in [5, 5.41) is 5.33. The molecule has 3 rings (SSSR count). The van der Waals surface area contributed by atoms with Gasteiger partial charge in [0.2, 0.25) is 15.8 Å². The van der Waals surface area contributed by atoms with Gasteiger partial charge in [-0.15, -0.1) is 11.3 Å². The van der Waals surface area contributed by atoms with Crippen molar-refractivity contribution < 1.29 is 31.6 Å². The van der Waals surface area contributed by atoms with Gasteiger partial charge < -0.3 is 14.0 Å². The Morgan fingerprint density at radius 3 is 2.72 bits per heavy atom. The minimum atomic E-state index is -3.62. The van der Waals surface area contributed by atoms with Crippen LogP contribution in [0, 0.1) is 5.82 Å². The molecule has 0 aliphatic carbocycles. The molecule has 9 nitrogen and oxygen atoms in total. The second-order valence-corrected chi connectivity index (χ2v) is 8.53. The Balaban J connectivity index is 1.37. The lowest BCUT2D eigenvalue weighted by Crippen LogP contribution is -2.26. The summed E-state index contributed by atoms with van der Waals surface area (Å²) in [5.41, 5.74) is 0. The highest BCUT2D eigenvalue weighted by atomic mass is 32.2. The third-order valence-electron chi connectivity index (χ3n) is 3.43. The Bertz CT molecular complexity index is 1040. The fourth-order valence-corrected chi connectivity index (χ4v) is 4.14. The molecular weight excluding hydrogens is 425 g/mol. The number of thiophene rings is 1. The molecule has 0 atom stereocenters. The first-order chi connectivity index (χ1) is 13.9. The normalized spacial score (nSPS) is 11.3. The molecule has 0 spiro atoms. The standard InChI is InChI=1S/C17H16FN3O6S2/c18-12-3-5-13(6-4-12)25-10-14-20-15(27-21-14)11-26-16(22)7-8-19-29(23,24)17-2-1-9-28-17/h1-6,9,19H,7-8,10-11H2. The molecule has 2 aromatic heterocycles. The highest BCUT2D eigenvalue weighted by Crippen LogP contribution is 2.15. The number of sulfonamides is 1. The quantitative estimate of drug-likeness (QED) is 0.476. The van der Waals surface area contributed by atoms with Crippen molar-refractivity contribution >= 4 is 27.3 Å². The first-order valence-corrected chi connectivity index (χ1v) is 10.7. The molecule has 0 saturated heterocycles. The number of hydrogen-bond donors (Lipinski definition) is 1. The molecule has 0 radical (unpaired) electrons. The summed E-state index contributed by atoms with van der Waals surface area (Å²) >= 11 is 1.08. The molecule has 3 aromatic rings. The molecule has 1 N–H and O–H groups in total. The number of benzene rings is 1. The number of aromatic nitrogens is 2. The first-order valence-electron chi connectivity index (χ1n) is 8.31. The summed E-state index contributed by atoms with van der Waals surface area (Å²) in [4.78, 5) is 15.7. The summed E-state index contributed by atoms with van der Waals surface area (Å²) in [7, 11) is -3.62. The Hall–Kier alpha value is -2.83. The lowest BCUT2D eigenvalue weighted by atomic mass is 10.3. The molecule has 0 bridgehead atoms. The van der Waals surface area contributed by atoms with Crippen molar-refractivity contribution in [3.05, 3.63) is 59.3 Å². The highest BCUT2D eigenvalue weighted by molar-refractivity contribution is 7.91. The number of ether oxygens (including phenoxy) is 2. The monoisotopic (exact) mass is 441 g/mol. The molecule has 0 aliphatic rings. The molecule has 0 aliphatic heterocycles. The lowest BCUT2D eigenvalue weighted by molar-refractivity contribution is -0.145. The van der Waals surface area contributed by atoms with E-state index < -0.39 is 16.0 Å². The van der Waals surface area contributed by atoms with E-state index in [0.717, 1.165) is 11.3 Å². The average Bonchev–Trinajstić information content (AvgIpc) is 3.38. The number of rotatable bonds is 10. The van der Waals surface area contributed by atoms with Gasteiger partial charge in [-0.1, -0.05) is 11.2 Å². The topological polar surface area (TPSA) is 121 Å². The SMILES string of the molecule is O=C(CCNS(=O)(=O)c1cccs1)OCc1nc(COc2ccc(F)cc2)no1. The maximum Gasteiger partial charge on any atom is 0.307 e. The van der Waals surface area contributed by atoms with Gasteiger partial charge in [0.25, 0.3) is 5.89 Å². The van der Waals surface area contributed by atoms with E-state index in [1.165, 1.54) is 30.3 Å². The van der Waals surface area contributed by atoms with E-state index in [9.17, 15) is 17.6 Å². The predicted molar refractivity (Wildman–Crippen MR) is 99.0 cm³/mol. The van der Waals surface area contributed by atoms with Gasteiger partial charge >= 0.3 is 5.97 Å². The van der Waals surface area contributed by atoms with Crippen LogP contribution in [0.4, 0.5) is 4.39 Å². The van der Waals surface area contributed by atoms with E-state index in [-0.39, 0.29) is 47.9 Å². The maximum absolute atomic E-state index is 12.8. The summed E-state index contributed by atoms with van der Waals surface area (Å²) in [6, 6.07) is 8.54. The molecule has 12 heteroatoms. The Labute approximate surface area is 169 Å². The largest absolute Gasteiger partial charge is 0.485 e. The van der Waals surface area contributed by atoms with Crippen LogP contribution in [0.2, 0.25) is 0 Å². The number of hydrogen-bond acceptors (Lipinski definition) is 9. The zero-order valence-electron chi connectivity index (χ0n) is 14.9. The van der Waals surface area contributed by atoms with Gasteiger partial charge in [0.1, 0.15) is 15.8 Å². The first kappa shape index (κ1) is 20.9. The van der Waals surface area contributed by atoms with Crippen molar-refractivity contribution in [3.63, 3.8) is 0 Å². The van der Waals surface area contributed by atoms with E-state index >= 15 is 0 Å². The van der Waals surface area contributed by atoms with Crippen LogP contribution in [-0.4, -0.2) is 31.1 Å². The van der Waals surface area contributed by atoms with Crippen LogP contribution in [0.5, 0.6) is 5.75 Å². The van der Waals surface area contributed by atoms with Gasteiger partial charge in [-0.2, -0.15) is 4.98 Å². The van der Waals surface area contributed by atoms with E-state index in [0.29, 0.717) is 5.75 Å². The molecule has 2 heterocycles. The third-order valence-corrected chi connectivity index (χ3v) is 6.29. The number of carbonyl (C=O) groups excluding carboxylic acids is 1. The Kier molecular flexibility index (Phi) is 6.90. The van der Waals surface area contributed by atoms with Gasteiger partial charge in [0, 0.05) is 6.54 Å². The van der Waals surface area contributed by atoms with Crippen molar-refractivity contribution in [2.75, 3.05) is 6.54 Å². The van der Waals surface area contributed by atoms with Gasteiger partial charge in [-0.05, 0) is 35.7 Å². The molecule has 0 fully saturated rings. The molecule has 0 unspecified atom stereocenters. The Morgan fingerprint density at radius 2 is 2.00 bits per heavy atom. The van der Waals surface area contributed by atoms with E-state index in [4.69, 9.17) is 14.0 Å². The molecule has 0 amide bonds. The van der Waals surface area contributed by atoms with Crippen LogP contribution in [0.1, 0.15) is 18.1 Å². The van der Waals surface area contributed by atoms with E-state index in [2.05, 4.69) is 14.9 Å². The van der Waals surface area contributed by atoms with Crippen molar-refractivity contribution in [2.24, 2.45) is 0 Å². The minimum Gasteiger partial charge on any atom is -0.485 e. The summed E-state index contributed by atoms with van der Waals surface area (Å²) in [5.74, 6) is -0.269. The number of nitrogens with one attached hydrogen (secondary N) is 1. The molecular formula is C17H16FN3O6S2. The van der Waals surface area contributed by atoms with Crippen LogP contribution in [-0.2, 0) is 32.8 Å². The van der Waals surface area contributed by atoms with Gasteiger partial charge in [0.05, 0.1) is 6.42 Å². The number of carbonyl (C=O) groups is 1. The molecule has 1 aromatic carbocycles. The number of esters is 1. The van der Waals surface area contributed by atoms with Crippen molar-refractivity contribution in [3.8, 4) is 5.75 Å². The van der Waals surface area contributed by atoms with E-state index in [1.807, 2.05) is 0 Å². The Morgan fingerprint density at radius 1 is 1.21 bits per heavy atom. The smallest absolute Gasteiger partial charge is 0.307 e. The van der Waals surface area contributed by atoms with Crippen molar-refractivity contribution in [1.82, 2.24) is 14.9 Å². The maximum atomic E-state index is 12.8. The van der Waals surface area contributed by atoms with Gasteiger partial charge in [0.15, 0.2) is 13.2 Å². The van der Waals surface area contributed by atoms with Crippen molar-refractivity contribution in [2.45, 2.75) is 23.8 Å². The van der Waals surface area contributed by atoms with Crippen LogP contribution in [0.3, 0.4) is 0 Å². The zero-order chi connectivity index (χ0) is 20.7. The van der Waals surface area contributed by atoms with Crippen LogP contribution >= 0.6 is 11.3 Å². The average molecular weight is 441 g/mol. The number of nitrogens with zero attached hydrogens (tertiary/aromatic N) is 2. The second kappa shape index (κ2) is 9.58. The predicted octanol–water partition coefficient (Wildman–Crippen LogP) is 2.26. The second-order valence-electron chi connectivity index (χ2n) is 5.59. The number of halogens is 1. The zero-order valence-corrected chi connectivity index (χ0v) is 16.5. The fraction of sp³-hybridized carbons (Fsp3) is 0.235. The van der Waals surface area contributed by atoms with Crippen LogP contribution in [0.15, 0.2) is 50.5 Å². The van der Waals surface area contributed by atoms with Gasteiger partial charge in [-0.3, -0.25) is 4.79 Å².